The number of nitrogens with two attached hydrogens (primary N) is 1. The number of nitrogens with zero attached hydrogens (tertiary/aromatic N) is 3. The molecule has 1 aromatic carbocycles. The van der Waals surface area contributed by atoms with E-state index in [1.165, 1.54) is 16.8 Å². The van der Waals surface area contributed by atoms with Crippen molar-refractivity contribution in [3.63, 3.8) is 0 Å². The fourth-order valence-electron chi connectivity index (χ4n) is 2.94. The van der Waals surface area contributed by atoms with Crippen molar-refractivity contribution in [2.24, 2.45) is 0 Å². The van der Waals surface area contributed by atoms with Gasteiger partial charge in [0, 0.05) is 38.1 Å². The molecule has 3 rings (SSSR count). The van der Waals surface area contributed by atoms with Gasteiger partial charge in [-0.3, -0.25) is 0 Å². The highest BCUT2D eigenvalue weighted by atomic mass is 15.3. The van der Waals surface area contributed by atoms with Crippen molar-refractivity contribution in [3.8, 4) is 0 Å². The lowest BCUT2D eigenvalue weighted by Gasteiger charge is -2.38. The van der Waals surface area contributed by atoms with Crippen molar-refractivity contribution in [1.29, 1.82) is 0 Å². The van der Waals surface area contributed by atoms with Gasteiger partial charge in [0.05, 0.1) is 5.69 Å². The van der Waals surface area contributed by atoms with Crippen LogP contribution in [0, 0.1) is 13.8 Å². The van der Waals surface area contributed by atoms with Gasteiger partial charge < -0.3 is 15.5 Å². The number of benzene rings is 1. The van der Waals surface area contributed by atoms with Crippen molar-refractivity contribution < 1.29 is 0 Å². The van der Waals surface area contributed by atoms with E-state index in [0.29, 0.717) is 5.82 Å². The number of piperazine rings is 1. The first-order chi connectivity index (χ1) is 10.2. The number of hydrogen-bond acceptors (Lipinski definition) is 4. The molecule has 0 aliphatic carbocycles. The lowest BCUT2D eigenvalue weighted by molar-refractivity contribution is 0.652. The van der Waals surface area contributed by atoms with Gasteiger partial charge in [0.15, 0.2) is 0 Å². The van der Waals surface area contributed by atoms with E-state index in [0.717, 1.165) is 31.9 Å². The van der Waals surface area contributed by atoms with Gasteiger partial charge in [-0.1, -0.05) is 12.1 Å². The Labute approximate surface area is 126 Å². The van der Waals surface area contributed by atoms with E-state index in [9.17, 15) is 0 Å². The predicted molar refractivity (Wildman–Crippen MR) is 89.0 cm³/mol. The molecule has 0 saturated carbocycles. The van der Waals surface area contributed by atoms with Gasteiger partial charge in [0.2, 0.25) is 0 Å². The van der Waals surface area contributed by atoms with E-state index in [2.05, 4.69) is 52.9 Å². The Morgan fingerprint density at radius 3 is 2.19 bits per heavy atom. The Hall–Kier alpha value is -2.23. The molecule has 1 aliphatic rings. The largest absolute Gasteiger partial charge is 0.382 e. The van der Waals surface area contributed by atoms with E-state index < -0.39 is 0 Å². The molecule has 0 unspecified atom stereocenters. The minimum absolute atomic E-state index is 0.623. The third kappa shape index (κ3) is 2.66. The summed E-state index contributed by atoms with van der Waals surface area (Å²) in [5, 5.41) is 0. The number of anilines is 3. The smallest absolute Gasteiger partial charge is 0.146 e. The summed E-state index contributed by atoms with van der Waals surface area (Å²) in [6, 6.07) is 10.5. The number of aryl methyl sites for hydroxylation is 1. The lowest BCUT2D eigenvalue weighted by Crippen LogP contribution is -2.47. The molecule has 21 heavy (non-hydrogen) atoms. The van der Waals surface area contributed by atoms with Crippen LogP contribution in [0.15, 0.2) is 36.5 Å². The van der Waals surface area contributed by atoms with Crippen molar-refractivity contribution in [2.75, 3.05) is 41.7 Å². The first-order valence-electron chi connectivity index (χ1n) is 7.43. The highest BCUT2D eigenvalue weighted by molar-refractivity contribution is 5.64. The topological polar surface area (TPSA) is 45.4 Å². The first kappa shape index (κ1) is 13.7. The quantitative estimate of drug-likeness (QED) is 0.919. The summed E-state index contributed by atoms with van der Waals surface area (Å²) in [6.45, 7) is 8.35. The molecule has 2 heterocycles. The van der Waals surface area contributed by atoms with Crippen LogP contribution in [0.2, 0.25) is 0 Å². The van der Waals surface area contributed by atoms with Crippen LogP contribution < -0.4 is 15.5 Å². The second-order valence-corrected chi connectivity index (χ2v) is 5.60. The van der Waals surface area contributed by atoms with Crippen LogP contribution in [-0.2, 0) is 0 Å². The molecule has 0 radical (unpaired) electrons. The lowest BCUT2D eigenvalue weighted by atomic mass is 10.1. The summed E-state index contributed by atoms with van der Waals surface area (Å²) < 4.78 is 0. The van der Waals surface area contributed by atoms with E-state index >= 15 is 0 Å². The Morgan fingerprint density at radius 2 is 1.52 bits per heavy atom. The number of hydrogen-bond donors (Lipinski definition) is 1. The summed E-state index contributed by atoms with van der Waals surface area (Å²) in [7, 11) is 0. The SMILES string of the molecule is Cc1cccc(N2CCN(c3cccnc3N)CC2)c1C. The molecule has 4 nitrogen and oxygen atoms in total. The van der Waals surface area contributed by atoms with Crippen LogP contribution in [-0.4, -0.2) is 31.2 Å². The molecule has 1 aromatic heterocycles. The second-order valence-electron chi connectivity index (χ2n) is 5.60. The Balaban J connectivity index is 1.74. The molecule has 2 aromatic rings. The summed E-state index contributed by atoms with van der Waals surface area (Å²) >= 11 is 0. The molecule has 0 atom stereocenters. The maximum atomic E-state index is 5.97. The summed E-state index contributed by atoms with van der Waals surface area (Å²) in [4.78, 5) is 8.97. The maximum Gasteiger partial charge on any atom is 0.146 e. The monoisotopic (exact) mass is 282 g/mol. The second kappa shape index (κ2) is 5.64. The van der Waals surface area contributed by atoms with Crippen LogP contribution in [0.1, 0.15) is 11.1 Å². The van der Waals surface area contributed by atoms with E-state index in [-0.39, 0.29) is 0 Å². The molecule has 110 valence electrons. The number of nitrogen functional groups attached to an aromatic ring is 1. The summed E-state index contributed by atoms with van der Waals surface area (Å²) in [5.41, 5.74) is 11.1. The number of aromatic nitrogens is 1. The van der Waals surface area contributed by atoms with Crippen LogP contribution in [0.25, 0.3) is 0 Å². The minimum atomic E-state index is 0.623. The molecule has 2 N–H and O–H groups in total. The zero-order chi connectivity index (χ0) is 14.8. The maximum absolute atomic E-state index is 5.97. The highest BCUT2D eigenvalue weighted by Gasteiger charge is 2.20. The van der Waals surface area contributed by atoms with Crippen LogP contribution >= 0.6 is 0 Å². The van der Waals surface area contributed by atoms with Gasteiger partial charge in [-0.2, -0.15) is 0 Å². The van der Waals surface area contributed by atoms with Gasteiger partial charge >= 0.3 is 0 Å². The van der Waals surface area contributed by atoms with E-state index in [4.69, 9.17) is 5.73 Å². The molecule has 0 amide bonds. The number of pyridine rings is 1. The standard InChI is InChI=1S/C17H22N4/c1-13-5-3-6-15(14(13)2)20-9-11-21(12-10-20)16-7-4-8-19-17(16)18/h3-8H,9-12H2,1-2H3,(H2,18,19). The zero-order valence-electron chi connectivity index (χ0n) is 12.7. The van der Waals surface area contributed by atoms with Crippen molar-refractivity contribution in [3.05, 3.63) is 47.7 Å². The van der Waals surface area contributed by atoms with Crippen molar-refractivity contribution >= 4 is 17.2 Å². The molecular weight excluding hydrogens is 260 g/mol. The van der Waals surface area contributed by atoms with Gasteiger partial charge in [-0.25, -0.2) is 4.98 Å². The fourth-order valence-corrected chi connectivity index (χ4v) is 2.94. The molecule has 1 saturated heterocycles. The predicted octanol–water partition coefficient (Wildman–Crippen LogP) is 2.61. The van der Waals surface area contributed by atoms with Crippen LogP contribution in [0.5, 0.6) is 0 Å². The Morgan fingerprint density at radius 1 is 0.905 bits per heavy atom. The van der Waals surface area contributed by atoms with E-state index in [1.807, 2.05) is 6.07 Å². The van der Waals surface area contributed by atoms with Gasteiger partial charge in [0.25, 0.3) is 0 Å². The molecular formula is C17H22N4. The Kier molecular flexibility index (Phi) is 3.69. The minimum Gasteiger partial charge on any atom is -0.382 e. The Bertz CT molecular complexity index is 630. The third-order valence-corrected chi connectivity index (χ3v) is 4.35. The van der Waals surface area contributed by atoms with Gasteiger partial charge in [-0.15, -0.1) is 0 Å². The normalized spacial score (nSPS) is 15.3. The third-order valence-electron chi connectivity index (χ3n) is 4.35. The highest BCUT2D eigenvalue weighted by Crippen LogP contribution is 2.26. The van der Waals surface area contributed by atoms with Gasteiger partial charge in [0.1, 0.15) is 5.82 Å². The average Bonchev–Trinajstić information content (AvgIpc) is 2.51. The van der Waals surface area contributed by atoms with Crippen molar-refractivity contribution in [1.82, 2.24) is 4.98 Å². The summed E-state index contributed by atoms with van der Waals surface area (Å²) in [6.07, 6.45) is 1.74. The molecule has 4 heteroatoms. The fraction of sp³-hybridized carbons (Fsp3) is 0.353. The average molecular weight is 282 g/mol. The molecule has 0 bridgehead atoms. The van der Waals surface area contributed by atoms with E-state index in [1.54, 1.807) is 6.20 Å². The first-order valence-corrected chi connectivity index (χ1v) is 7.43. The van der Waals surface area contributed by atoms with Crippen LogP contribution in [0.3, 0.4) is 0 Å². The molecule has 1 aliphatic heterocycles. The van der Waals surface area contributed by atoms with Gasteiger partial charge in [-0.05, 0) is 43.2 Å². The van der Waals surface area contributed by atoms with Crippen LogP contribution in [0.4, 0.5) is 17.2 Å². The molecule has 1 fully saturated rings. The molecule has 0 spiro atoms. The summed E-state index contributed by atoms with van der Waals surface area (Å²) in [5.74, 6) is 0.623. The number of rotatable bonds is 2. The zero-order valence-corrected chi connectivity index (χ0v) is 12.7. The van der Waals surface area contributed by atoms with Crippen molar-refractivity contribution in [2.45, 2.75) is 13.8 Å².